The van der Waals surface area contributed by atoms with Gasteiger partial charge in [0.1, 0.15) is 10.6 Å². The van der Waals surface area contributed by atoms with E-state index >= 15 is 0 Å². The molecule has 3 aromatic rings. The number of hydrogen-bond donors (Lipinski definition) is 0. The molecule has 4 nitrogen and oxygen atoms in total. The molecule has 0 saturated carbocycles. The summed E-state index contributed by atoms with van der Waals surface area (Å²) >= 11 is 5.18. The van der Waals surface area contributed by atoms with E-state index in [1.807, 2.05) is 36.0 Å². The van der Waals surface area contributed by atoms with Crippen molar-refractivity contribution in [1.82, 2.24) is 9.55 Å². The van der Waals surface area contributed by atoms with Gasteiger partial charge in [-0.1, -0.05) is 11.8 Å². The fourth-order valence-corrected chi connectivity index (χ4v) is 6.42. The molecule has 1 aliphatic carbocycles. The van der Waals surface area contributed by atoms with E-state index in [0.29, 0.717) is 0 Å². The molecule has 7 heteroatoms. The fourth-order valence-electron chi connectivity index (χ4n) is 3.46. The van der Waals surface area contributed by atoms with Crippen molar-refractivity contribution in [3.63, 3.8) is 0 Å². The molecule has 2 aromatic heterocycles. The summed E-state index contributed by atoms with van der Waals surface area (Å²) in [5, 5.41) is 1.62. The SMILES string of the molecule is COc1ccc(-n2c(SCCSC)nc3sc4c(c3c2=O)CCCC4)cc1. The Morgan fingerprint density at radius 3 is 2.70 bits per heavy atom. The Kier molecular flexibility index (Phi) is 5.80. The number of hydrogen-bond acceptors (Lipinski definition) is 6. The second kappa shape index (κ2) is 8.29. The summed E-state index contributed by atoms with van der Waals surface area (Å²) in [5.41, 5.74) is 2.15. The molecule has 0 radical (unpaired) electrons. The standard InChI is InChI=1S/C20H22N2O2S3/c1-24-14-9-7-13(8-10-14)22-19(23)17-15-5-3-4-6-16(15)27-18(17)21-20(22)26-12-11-25-2/h7-10H,3-6,11-12H2,1-2H3. The van der Waals surface area contributed by atoms with Crippen LogP contribution in [0.15, 0.2) is 34.2 Å². The lowest BCUT2D eigenvalue weighted by molar-refractivity contribution is 0.414. The lowest BCUT2D eigenvalue weighted by Gasteiger charge is -2.14. The molecule has 0 fully saturated rings. The summed E-state index contributed by atoms with van der Waals surface area (Å²) in [6.07, 6.45) is 6.54. The second-order valence-electron chi connectivity index (χ2n) is 6.47. The zero-order chi connectivity index (χ0) is 18.8. The fraction of sp³-hybridized carbons (Fsp3) is 0.400. The highest BCUT2D eigenvalue weighted by Crippen LogP contribution is 2.35. The van der Waals surface area contributed by atoms with Gasteiger partial charge in [0.2, 0.25) is 0 Å². The van der Waals surface area contributed by atoms with Crippen LogP contribution in [-0.4, -0.2) is 34.4 Å². The molecule has 0 saturated heterocycles. The van der Waals surface area contributed by atoms with E-state index in [1.54, 1.807) is 34.8 Å². The van der Waals surface area contributed by atoms with Crippen molar-refractivity contribution < 1.29 is 4.74 Å². The molecule has 142 valence electrons. The minimum atomic E-state index is 0.0659. The maximum Gasteiger partial charge on any atom is 0.267 e. The lowest BCUT2D eigenvalue weighted by Crippen LogP contribution is -2.22. The van der Waals surface area contributed by atoms with Gasteiger partial charge in [-0.15, -0.1) is 11.3 Å². The average Bonchev–Trinajstić information content (AvgIpc) is 3.07. The minimum absolute atomic E-state index is 0.0659. The van der Waals surface area contributed by atoms with Gasteiger partial charge < -0.3 is 4.74 Å². The van der Waals surface area contributed by atoms with Gasteiger partial charge in [0.15, 0.2) is 5.16 Å². The molecule has 1 aromatic carbocycles. The van der Waals surface area contributed by atoms with Crippen molar-refractivity contribution in [3.8, 4) is 11.4 Å². The van der Waals surface area contributed by atoms with Gasteiger partial charge in [-0.2, -0.15) is 11.8 Å². The quantitative estimate of drug-likeness (QED) is 0.327. The number of benzene rings is 1. The highest BCUT2D eigenvalue weighted by Gasteiger charge is 2.22. The van der Waals surface area contributed by atoms with E-state index < -0.39 is 0 Å². The topological polar surface area (TPSA) is 44.1 Å². The molecule has 27 heavy (non-hydrogen) atoms. The number of ether oxygens (including phenoxy) is 1. The van der Waals surface area contributed by atoms with Crippen LogP contribution >= 0.6 is 34.9 Å². The molecule has 0 N–H and O–H groups in total. The lowest BCUT2D eigenvalue weighted by atomic mass is 9.97. The van der Waals surface area contributed by atoms with Crippen molar-refractivity contribution in [2.45, 2.75) is 30.8 Å². The van der Waals surface area contributed by atoms with Crippen LogP contribution in [-0.2, 0) is 12.8 Å². The number of rotatable bonds is 6. The molecule has 0 unspecified atom stereocenters. The van der Waals surface area contributed by atoms with Crippen LogP contribution in [0.3, 0.4) is 0 Å². The number of methoxy groups -OCH3 is 1. The highest BCUT2D eigenvalue weighted by molar-refractivity contribution is 8.02. The van der Waals surface area contributed by atoms with Crippen LogP contribution in [0.4, 0.5) is 0 Å². The maximum atomic E-state index is 13.5. The molecule has 4 rings (SSSR count). The zero-order valence-electron chi connectivity index (χ0n) is 15.5. The van der Waals surface area contributed by atoms with E-state index in [4.69, 9.17) is 9.72 Å². The number of aromatic nitrogens is 2. The van der Waals surface area contributed by atoms with Crippen LogP contribution in [0, 0.1) is 0 Å². The predicted octanol–water partition coefficient (Wildman–Crippen LogP) is 4.79. The molecule has 0 amide bonds. The van der Waals surface area contributed by atoms with Gasteiger partial charge in [-0.3, -0.25) is 9.36 Å². The predicted molar refractivity (Wildman–Crippen MR) is 118 cm³/mol. The first kappa shape index (κ1) is 18.9. The Morgan fingerprint density at radius 1 is 1.19 bits per heavy atom. The van der Waals surface area contributed by atoms with Crippen LogP contribution in [0.25, 0.3) is 15.9 Å². The normalized spacial score (nSPS) is 13.7. The van der Waals surface area contributed by atoms with Gasteiger partial charge in [0, 0.05) is 16.4 Å². The first-order chi connectivity index (χ1) is 13.2. The molecular formula is C20H22N2O2S3. The second-order valence-corrected chi connectivity index (χ2v) is 9.60. The van der Waals surface area contributed by atoms with Gasteiger partial charge in [-0.05, 0) is 61.8 Å². The maximum absolute atomic E-state index is 13.5. The van der Waals surface area contributed by atoms with Crippen molar-refractivity contribution in [2.24, 2.45) is 0 Å². The van der Waals surface area contributed by atoms with Crippen molar-refractivity contribution >= 4 is 45.1 Å². The highest BCUT2D eigenvalue weighted by atomic mass is 32.2. The number of fused-ring (bicyclic) bond motifs is 3. The third-order valence-corrected chi connectivity index (χ3v) is 7.80. The Bertz CT molecular complexity index is 1010. The van der Waals surface area contributed by atoms with Crippen LogP contribution in [0.2, 0.25) is 0 Å². The third kappa shape index (κ3) is 3.65. The van der Waals surface area contributed by atoms with Gasteiger partial charge in [-0.25, -0.2) is 4.98 Å². The summed E-state index contributed by atoms with van der Waals surface area (Å²) in [6.45, 7) is 0. The molecular weight excluding hydrogens is 396 g/mol. The number of thiophene rings is 1. The molecule has 0 bridgehead atoms. The van der Waals surface area contributed by atoms with E-state index in [0.717, 1.165) is 57.6 Å². The zero-order valence-corrected chi connectivity index (χ0v) is 17.9. The van der Waals surface area contributed by atoms with Crippen LogP contribution in [0.1, 0.15) is 23.3 Å². The first-order valence-corrected chi connectivity index (χ1v) is 12.3. The minimum Gasteiger partial charge on any atom is -0.497 e. The summed E-state index contributed by atoms with van der Waals surface area (Å²) in [4.78, 5) is 20.7. The van der Waals surface area contributed by atoms with Crippen LogP contribution < -0.4 is 10.3 Å². The molecule has 0 aliphatic heterocycles. The summed E-state index contributed by atoms with van der Waals surface area (Å²) in [6, 6.07) is 7.66. The van der Waals surface area contributed by atoms with E-state index in [-0.39, 0.29) is 5.56 Å². The van der Waals surface area contributed by atoms with Gasteiger partial charge >= 0.3 is 0 Å². The molecule has 2 heterocycles. The summed E-state index contributed by atoms with van der Waals surface area (Å²) in [5.74, 6) is 2.74. The van der Waals surface area contributed by atoms with Crippen molar-refractivity contribution in [2.75, 3.05) is 24.9 Å². The van der Waals surface area contributed by atoms with Crippen molar-refractivity contribution in [1.29, 1.82) is 0 Å². The number of nitrogens with zero attached hydrogens (tertiary/aromatic N) is 2. The number of thioether (sulfide) groups is 2. The molecule has 1 aliphatic rings. The average molecular weight is 419 g/mol. The smallest absolute Gasteiger partial charge is 0.267 e. The third-order valence-electron chi connectivity index (χ3n) is 4.81. The largest absolute Gasteiger partial charge is 0.497 e. The first-order valence-electron chi connectivity index (χ1n) is 9.06. The van der Waals surface area contributed by atoms with Crippen LogP contribution in [0.5, 0.6) is 5.75 Å². The summed E-state index contributed by atoms with van der Waals surface area (Å²) in [7, 11) is 1.65. The molecule has 0 atom stereocenters. The Balaban J connectivity index is 1.90. The Labute approximate surface area is 171 Å². The number of aryl methyl sites for hydroxylation is 2. The molecule has 0 spiro atoms. The Hall–Kier alpha value is -1.44. The van der Waals surface area contributed by atoms with E-state index in [1.165, 1.54) is 16.9 Å². The Morgan fingerprint density at radius 2 is 1.96 bits per heavy atom. The van der Waals surface area contributed by atoms with Gasteiger partial charge in [0.25, 0.3) is 5.56 Å². The summed E-state index contributed by atoms with van der Waals surface area (Å²) < 4.78 is 7.05. The van der Waals surface area contributed by atoms with E-state index in [9.17, 15) is 4.79 Å². The van der Waals surface area contributed by atoms with Crippen molar-refractivity contribution in [3.05, 3.63) is 45.1 Å². The monoisotopic (exact) mass is 418 g/mol. The van der Waals surface area contributed by atoms with E-state index in [2.05, 4.69) is 6.26 Å². The van der Waals surface area contributed by atoms with Gasteiger partial charge in [0.05, 0.1) is 18.2 Å².